The number of hydrogen-bond donors (Lipinski definition) is 3. The van der Waals surface area contributed by atoms with E-state index in [0.29, 0.717) is 22.0 Å². The number of fused-ring (bicyclic) bond motifs is 1. The zero-order valence-corrected chi connectivity index (χ0v) is 18.1. The average Bonchev–Trinajstić information content (AvgIpc) is 3.30. The molecule has 0 atom stereocenters. The summed E-state index contributed by atoms with van der Waals surface area (Å²) in [6, 6.07) is 6.12. The first-order chi connectivity index (χ1) is 15.2. The van der Waals surface area contributed by atoms with Crippen LogP contribution in [0, 0.1) is 0 Å². The molecule has 0 amide bonds. The van der Waals surface area contributed by atoms with E-state index in [9.17, 15) is 16.8 Å². The maximum Gasteiger partial charge on any atom is 0.241 e. The van der Waals surface area contributed by atoms with E-state index in [2.05, 4.69) is 29.9 Å². The van der Waals surface area contributed by atoms with E-state index in [0.717, 1.165) is 0 Å². The van der Waals surface area contributed by atoms with Gasteiger partial charge in [-0.2, -0.15) is 5.11 Å². The number of nitrogens with two attached hydrogens (primary N) is 2. The van der Waals surface area contributed by atoms with Gasteiger partial charge in [0.15, 0.2) is 12.5 Å². The Hall–Kier alpha value is -3.17. The number of nitrogens with zero attached hydrogens (tertiary/aromatic N) is 5. The van der Waals surface area contributed by atoms with E-state index in [1.165, 1.54) is 18.3 Å². The number of aromatic nitrogens is 2. The zero-order valence-electron chi connectivity index (χ0n) is 16.5. The van der Waals surface area contributed by atoms with Gasteiger partial charge < -0.3 is 5.73 Å². The third-order valence-corrected chi connectivity index (χ3v) is 7.25. The summed E-state index contributed by atoms with van der Waals surface area (Å²) in [7, 11) is -8.84. The number of rotatable bonds is 7. The number of nitrogens with one attached hydrogen (secondary N) is 1. The number of aliphatic imine (C=N–C) groups is 1. The lowest BCUT2D eigenvalue weighted by Gasteiger charge is -2.17. The quantitative estimate of drug-likeness (QED) is 0.439. The molecule has 5 N–H and O–H groups in total. The molecule has 0 saturated heterocycles. The van der Waals surface area contributed by atoms with Crippen molar-refractivity contribution in [2.45, 2.75) is 9.79 Å². The van der Waals surface area contributed by atoms with Crippen molar-refractivity contribution < 1.29 is 16.8 Å². The fraction of sp³-hybridized carbons (Fsp3) is 0.167. The Kier molecular flexibility index (Phi) is 5.79. The minimum Gasteiger partial charge on any atom is -0.329 e. The summed E-state index contributed by atoms with van der Waals surface area (Å²) >= 11 is 0. The first-order valence-corrected chi connectivity index (χ1v) is 12.3. The Morgan fingerprint density at radius 2 is 1.88 bits per heavy atom. The number of pyridine rings is 2. The van der Waals surface area contributed by atoms with E-state index in [1.54, 1.807) is 24.5 Å². The number of primary sulfonamides is 1. The highest BCUT2D eigenvalue weighted by atomic mass is 32.2. The summed E-state index contributed by atoms with van der Waals surface area (Å²) in [4.78, 5) is 11.4. The maximum absolute atomic E-state index is 12.9. The van der Waals surface area contributed by atoms with Crippen molar-refractivity contribution in [3.05, 3.63) is 48.4 Å². The van der Waals surface area contributed by atoms with E-state index in [4.69, 9.17) is 10.9 Å². The van der Waals surface area contributed by atoms with Crippen LogP contribution in [0.1, 0.15) is 5.56 Å². The van der Waals surface area contributed by atoms with Gasteiger partial charge in [0.05, 0.1) is 17.3 Å². The highest BCUT2D eigenvalue weighted by molar-refractivity contribution is 7.92. The number of hydrogen-bond acceptors (Lipinski definition) is 10. The number of sulfonamides is 2. The summed E-state index contributed by atoms with van der Waals surface area (Å²) in [6.45, 7) is -0.107. The molecule has 12 nitrogen and oxygen atoms in total. The Bertz CT molecular complexity index is 1480. The predicted molar refractivity (Wildman–Crippen MR) is 117 cm³/mol. The number of benzene rings is 1. The van der Waals surface area contributed by atoms with E-state index in [1.807, 2.05) is 0 Å². The molecular formula is C18H18N8O4S2. The molecule has 166 valence electrons. The monoisotopic (exact) mass is 474 g/mol. The molecule has 32 heavy (non-hydrogen) atoms. The minimum atomic E-state index is -4.56. The fourth-order valence-corrected chi connectivity index (χ4v) is 5.99. The molecule has 1 aliphatic rings. The molecule has 3 aromatic rings. The van der Waals surface area contributed by atoms with Gasteiger partial charge in [-0.1, -0.05) is 12.1 Å². The van der Waals surface area contributed by atoms with Crippen LogP contribution < -0.4 is 15.6 Å². The summed E-state index contributed by atoms with van der Waals surface area (Å²) < 4.78 is 53.4. The molecular weight excluding hydrogens is 456 g/mol. The van der Waals surface area contributed by atoms with E-state index >= 15 is 0 Å². The molecule has 0 fully saturated rings. The summed E-state index contributed by atoms with van der Waals surface area (Å²) in [5.74, 6) is -0.0548. The molecule has 4 rings (SSSR count). The molecule has 0 spiro atoms. The molecule has 1 aliphatic heterocycles. The third-order valence-electron chi connectivity index (χ3n) is 4.62. The predicted octanol–water partition coefficient (Wildman–Crippen LogP) is 0.351. The highest BCUT2D eigenvalue weighted by Crippen LogP contribution is 2.37. The van der Waals surface area contributed by atoms with Crippen LogP contribution in [0.4, 0.5) is 0 Å². The van der Waals surface area contributed by atoms with Crippen molar-refractivity contribution in [1.29, 1.82) is 0 Å². The van der Waals surface area contributed by atoms with Crippen LogP contribution in [0.2, 0.25) is 0 Å². The standard InChI is InChI=1S/C18H18N8O4S2/c19-5-7-25-32(29,30)15-4-3-12(13-8-21-9-14-11(13)2-1-6-22-14)16(17(15)31(20,27)28)18-23-10-24-26-18/h1-4,6,8-9,25H,5,7,10,19H2,(H2,20,27,28). The lowest BCUT2D eigenvalue weighted by Crippen LogP contribution is -2.31. The van der Waals surface area contributed by atoms with Gasteiger partial charge >= 0.3 is 0 Å². The number of amidine groups is 1. The van der Waals surface area contributed by atoms with Crippen molar-refractivity contribution in [3.8, 4) is 11.1 Å². The molecule has 2 aromatic heterocycles. The maximum atomic E-state index is 12.9. The first kappa shape index (κ1) is 22.0. The van der Waals surface area contributed by atoms with Gasteiger partial charge in [-0.25, -0.2) is 31.7 Å². The van der Waals surface area contributed by atoms with E-state index < -0.39 is 29.8 Å². The largest absolute Gasteiger partial charge is 0.329 e. The molecule has 14 heteroatoms. The molecule has 0 aliphatic carbocycles. The molecule has 1 aromatic carbocycles. The van der Waals surface area contributed by atoms with Gasteiger partial charge in [0.1, 0.15) is 9.79 Å². The van der Waals surface area contributed by atoms with Gasteiger partial charge in [0.25, 0.3) is 0 Å². The fourth-order valence-electron chi connectivity index (χ4n) is 3.35. The Morgan fingerprint density at radius 3 is 2.56 bits per heavy atom. The second kappa shape index (κ2) is 8.40. The van der Waals surface area contributed by atoms with Gasteiger partial charge in [0, 0.05) is 36.4 Å². The molecule has 0 saturated carbocycles. The Labute approximate surface area is 183 Å². The third kappa shape index (κ3) is 4.01. The van der Waals surface area contributed by atoms with Crippen molar-refractivity contribution in [1.82, 2.24) is 14.7 Å². The molecule has 0 unspecified atom stereocenters. The van der Waals surface area contributed by atoms with Crippen molar-refractivity contribution in [3.63, 3.8) is 0 Å². The van der Waals surface area contributed by atoms with E-state index in [-0.39, 0.29) is 31.2 Å². The average molecular weight is 475 g/mol. The lowest BCUT2D eigenvalue weighted by molar-refractivity contribution is 0.573. The SMILES string of the molecule is NCCNS(=O)(=O)c1ccc(-c2cncc3ncccc23)c(C2=NCN=N2)c1S(N)(=O)=O. The normalized spacial score (nSPS) is 14.1. The van der Waals surface area contributed by atoms with Crippen LogP contribution in [0.5, 0.6) is 0 Å². The van der Waals surface area contributed by atoms with Gasteiger partial charge in [0.2, 0.25) is 20.0 Å². The first-order valence-electron chi connectivity index (χ1n) is 9.25. The second-order valence-corrected chi connectivity index (χ2v) is 9.90. The summed E-state index contributed by atoms with van der Waals surface area (Å²) in [5.41, 5.74) is 6.69. The molecule has 0 radical (unpaired) electrons. The van der Waals surface area contributed by atoms with Gasteiger partial charge in [-0.15, -0.1) is 5.11 Å². The summed E-state index contributed by atoms with van der Waals surface area (Å²) in [5, 5.41) is 13.9. The highest BCUT2D eigenvalue weighted by Gasteiger charge is 2.32. The van der Waals surface area contributed by atoms with Crippen LogP contribution in [0.3, 0.4) is 0 Å². The van der Waals surface area contributed by atoms with Crippen LogP contribution in [-0.2, 0) is 20.0 Å². The van der Waals surface area contributed by atoms with Crippen LogP contribution in [0.15, 0.2) is 67.9 Å². The summed E-state index contributed by atoms with van der Waals surface area (Å²) in [6.07, 6.45) is 4.67. The van der Waals surface area contributed by atoms with Crippen LogP contribution >= 0.6 is 0 Å². The zero-order chi connectivity index (χ0) is 22.9. The molecule has 3 heterocycles. The lowest BCUT2D eigenvalue weighted by atomic mass is 9.97. The van der Waals surface area contributed by atoms with Crippen molar-refractivity contribution in [2.24, 2.45) is 26.1 Å². The van der Waals surface area contributed by atoms with Crippen molar-refractivity contribution >= 4 is 36.8 Å². The smallest absolute Gasteiger partial charge is 0.241 e. The van der Waals surface area contributed by atoms with Gasteiger partial charge in [-0.05, 0) is 17.7 Å². The number of azo groups is 1. The topological polar surface area (TPSA) is 195 Å². The second-order valence-electron chi connectivity index (χ2n) is 6.67. The Balaban J connectivity index is 2.12. The van der Waals surface area contributed by atoms with Crippen molar-refractivity contribution in [2.75, 3.05) is 19.8 Å². The Morgan fingerprint density at radius 1 is 1.06 bits per heavy atom. The van der Waals surface area contributed by atoms with Gasteiger partial charge in [-0.3, -0.25) is 9.97 Å². The van der Waals surface area contributed by atoms with Crippen LogP contribution in [-0.4, -0.2) is 52.4 Å². The minimum absolute atomic E-state index is 0.0183. The molecule has 0 bridgehead atoms. The van der Waals surface area contributed by atoms with Crippen LogP contribution in [0.25, 0.3) is 22.0 Å².